The van der Waals surface area contributed by atoms with Gasteiger partial charge in [-0.15, -0.1) is 0 Å². The highest BCUT2D eigenvalue weighted by molar-refractivity contribution is 6.10. The number of aryl methyl sites for hydroxylation is 1. The van der Waals surface area contributed by atoms with E-state index >= 15 is 0 Å². The van der Waals surface area contributed by atoms with Crippen LogP contribution < -0.4 is 15.5 Å². The minimum atomic E-state index is -0.241. The first-order chi connectivity index (χ1) is 14.6. The molecule has 0 saturated carbocycles. The van der Waals surface area contributed by atoms with Crippen LogP contribution in [0.5, 0.6) is 0 Å². The molecule has 8 heteroatoms. The molecule has 1 aliphatic heterocycles. The van der Waals surface area contributed by atoms with Crippen molar-refractivity contribution in [1.29, 1.82) is 0 Å². The smallest absolute Gasteiger partial charge is 0.244 e. The molecule has 0 atom stereocenters. The van der Waals surface area contributed by atoms with Crippen molar-refractivity contribution >= 4 is 40.1 Å². The molecule has 0 bridgehead atoms. The summed E-state index contributed by atoms with van der Waals surface area (Å²) in [7, 11) is 0. The van der Waals surface area contributed by atoms with E-state index in [-0.39, 0.29) is 37.1 Å². The molecule has 0 fully saturated rings. The van der Waals surface area contributed by atoms with E-state index in [1.165, 1.54) is 4.90 Å². The summed E-state index contributed by atoms with van der Waals surface area (Å²) in [4.78, 5) is 45.7. The van der Waals surface area contributed by atoms with Crippen LogP contribution in [-0.2, 0) is 20.8 Å². The maximum atomic E-state index is 12.6. The number of para-hydroxylation sites is 4. The van der Waals surface area contributed by atoms with E-state index in [0.29, 0.717) is 17.9 Å². The molecule has 3 amide bonds. The quantitative estimate of drug-likeness (QED) is 0.525. The Balaban J connectivity index is 1.21. The van der Waals surface area contributed by atoms with Crippen LogP contribution in [0.1, 0.15) is 25.1 Å². The van der Waals surface area contributed by atoms with E-state index < -0.39 is 0 Å². The number of aromatic amines is 1. The van der Waals surface area contributed by atoms with Crippen LogP contribution in [0, 0.1) is 0 Å². The van der Waals surface area contributed by atoms with Crippen molar-refractivity contribution in [3.05, 3.63) is 54.4 Å². The number of anilines is 2. The summed E-state index contributed by atoms with van der Waals surface area (Å²) in [5.41, 5.74) is 3.21. The van der Waals surface area contributed by atoms with Gasteiger partial charge in [0.05, 0.1) is 22.4 Å². The zero-order valence-corrected chi connectivity index (χ0v) is 16.5. The lowest BCUT2D eigenvalue weighted by Crippen LogP contribution is -2.42. The molecule has 0 unspecified atom stereocenters. The summed E-state index contributed by atoms with van der Waals surface area (Å²) in [5.74, 6) is 0.234. The van der Waals surface area contributed by atoms with Crippen molar-refractivity contribution in [1.82, 2.24) is 15.3 Å². The van der Waals surface area contributed by atoms with E-state index in [4.69, 9.17) is 0 Å². The lowest BCUT2D eigenvalue weighted by Gasteiger charge is -2.29. The highest BCUT2D eigenvalue weighted by Crippen LogP contribution is 2.29. The number of benzene rings is 2. The van der Waals surface area contributed by atoms with Crippen LogP contribution >= 0.6 is 0 Å². The van der Waals surface area contributed by atoms with Gasteiger partial charge in [-0.3, -0.25) is 14.4 Å². The monoisotopic (exact) mass is 405 g/mol. The normalized spacial score (nSPS) is 13.1. The van der Waals surface area contributed by atoms with Crippen molar-refractivity contribution in [3.8, 4) is 0 Å². The van der Waals surface area contributed by atoms with Gasteiger partial charge in [-0.25, -0.2) is 4.98 Å². The molecule has 2 heterocycles. The van der Waals surface area contributed by atoms with Gasteiger partial charge in [0.2, 0.25) is 17.7 Å². The number of H-pyrrole nitrogens is 1. The molecule has 154 valence electrons. The minimum absolute atomic E-state index is 0.0328. The van der Waals surface area contributed by atoms with Gasteiger partial charge >= 0.3 is 0 Å². The number of rotatable bonds is 7. The van der Waals surface area contributed by atoms with Crippen LogP contribution in [0.25, 0.3) is 11.0 Å². The van der Waals surface area contributed by atoms with Crippen LogP contribution in [0.3, 0.4) is 0 Å². The van der Waals surface area contributed by atoms with E-state index in [9.17, 15) is 14.4 Å². The maximum Gasteiger partial charge on any atom is 0.244 e. The first-order valence-electron chi connectivity index (χ1n) is 10.00. The van der Waals surface area contributed by atoms with Gasteiger partial charge < -0.3 is 20.5 Å². The number of nitrogens with zero attached hydrogens (tertiary/aromatic N) is 2. The predicted molar refractivity (Wildman–Crippen MR) is 114 cm³/mol. The molecule has 0 spiro atoms. The molecule has 30 heavy (non-hydrogen) atoms. The lowest BCUT2D eigenvalue weighted by molar-refractivity contribution is -0.125. The molecule has 4 rings (SSSR count). The van der Waals surface area contributed by atoms with Crippen molar-refractivity contribution in [2.45, 2.75) is 25.7 Å². The molecule has 3 N–H and O–H groups in total. The van der Waals surface area contributed by atoms with Gasteiger partial charge in [0.15, 0.2) is 0 Å². The summed E-state index contributed by atoms with van der Waals surface area (Å²) >= 11 is 0. The molecule has 2 aromatic carbocycles. The number of hydrogen-bond acceptors (Lipinski definition) is 4. The third-order valence-electron chi connectivity index (χ3n) is 4.99. The van der Waals surface area contributed by atoms with E-state index in [2.05, 4.69) is 20.6 Å². The molecule has 0 saturated heterocycles. The number of carbonyl (C=O) groups is 3. The Bertz CT molecular complexity index is 1060. The number of nitrogens with one attached hydrogen (secondary N) is 3. The average Bonchev–Trinajstić information content (AvgIpc) is 3.17. The molecular weight excluding hydrogens is 382 g/mol. The Morgan fingerprint density at radius 3 is 2.73 bits per heavy atom. The molecule has 1 aliphatic rings. The van der Waals surface area contributed by atoms with Gasteiger partial charge in [0, 0.05) is 25.8 Å². The molecule has 0 radical (unpaired) electrons. The standard InChI is InChI=1S/C22H23N5O3/c28-20(23-13-5-10-19-24-15-6-1-2-7-16(15)25-19)11-12-22(30)27-14-21(29)26-17-8-3-4-9-18(17)27/h1-4,6-9H,5,10-14H2,(H,23,28)(H,24,25)(H,26,29). The zero-order chi connectivity index (χ0) is 20.9. The van der Waals surface area contributed by atoms with Gasteiger partial charge in [0.25, 0.3) is 0 Å². The highest BCUT2D eigenvalue weighted by Gasteiger charge is 2.26. The highest BCUT2D eigenvalue weighted by atomic mass is 16.2. The summed E-state index contributed by atoms with van der Waals surface area (Å²) in [6.45, 7) is 0.480. The Morgan fingerprint density at radius 2 is 1.87 bits per heavy atom. The first-order valence-corrected chi connectivity index (χ1v) is 10.00. The third-order valence-corrected chi connectivity index (χ3v) is 4.99. The second-order valence-electron chi connectivity index (χ2n) is 7.20. The fraction of sp³-hybridized carbons (Fsp3) is 0.273. The van der Waals surface area contributed by atoms with Crippen LogP contribution in [-0.4, -0.2) is 40.8 Å². The van der Waals surface area contributed by atoms with Crippen molar-refractivity contribution < 1.29 is 14.4 Å². The number of hydrogen-bond donors (Lipinski definition) is 3. The molecule has 0 aliphatic carbocycles. The fourth-order valence-electron chi connectivity index (χ4n) is 3.51. The first kappa shape index (κ1) is 19.6. The Morgan fingerprint density at radius 1 is 1.07 bits per heavy atom. The van der Waals surface area contributed by atoms with Gasteiger partial charge in [-0.05, 0) is 30.7 Å². The molecule has 1 aromatic heterocycles. The fourth-order valence-corrected chi connectivity index (χ4v) is 3.51. The van der Waals surface area contributed by atoms with E-state index in [1.807, 2.05) is 30.3 Å². The topological polar surface area (TPSA) is 107 Å². The summed E-state index contributed by atoms with van der Waals surface area (Å²) < 4.78 is 0. The van der Waals surface area contributed by atoms with Crippen molar-refractivity contribution in [2.75, 3.05) is 23.3 Å². The van der Waals surface area contributed by atoms with Crippen molar-refractivity contribution in [2.24, 2.45) is 0 Å². The van der Waals surface area contributed by atoms with Gasteiger partial charge in [-0.1, -0.05) is 24.3 Å². The summed E-state index contributed by atoms with van der Waals surface area (Å²) in [6, 6.07) is 15.0. The van der Waals surface area contributed by atoms with E-state index in [0.717, 1.165) is 29.7 Å². The lowest BCUT2D eigenvalue weighted by atomic mass is 10.1. The van der Waals surface area contributed by atoms with Gasteiger partial charge in [0.1, 0.15) is 12.4 Å². The van der Waals surface area contributed by atoms with Crippen LogP contribution in [0.15, 0.2) is 48.5 Å². The third kappa shape index (κ3) is 4.48. The number of aromatic nitrogens is 2. The number of fused-ring (bicyclic) bond motifs is 2. The van der Waals surface area contributed by atoms with Gasteiger partial charge in [-0.2, -0.15) is 0 Å². The average molecular weight is 405 g/mol. The second-order valence-corrected chi connectivity index (χ2v) is 7.20. The zero-order valence-electron chi connectivity index (χ0n) is 16.5. The maximum absolute atomic E-state index is 12.6. The Labute approximate surface area is 173 Å². The summed E-state index contributed by atoms with van der Waals surface area (Å²) in [6.07, 6.45) is 1.62. The van der Waals surface area contributed by atoms with Crippen LogP contribution in [0.4, 0.5) is 11.4 Å². The van der Waals surface area contributed by atoms with Crippen molar-refractivity contribution in [3.63, 3.8) is 0 Å². The predicted octanol–water partition coefficient (Wildman–Crippen LogP) is 2.38. The molecule has 3 aromatic rings. The SMILES string of the molecule is O=C(CCC(=O)N1CC(=O)Nc2ccccc21)NCCCc1nc2ccccc2[nH]1. The van der Waals surface area contributed by atoms with Crippen LogP contribution in [0.2, 0.25) is 0 Å². The number of carbonyl (C=O) groups excluding carboxylic acids is 3. The Kier molecular flexibility index (Phi) is 5.74. The second kappa shape index (κ2) is 8.77. The largest absolute Gasteiger partial charge is 0.356 e. The van der Waals surface area contributed by atoms with E-state index in [1.54, 1.807) is 18.2 Å². The minimum Gasteiger partial charge on any atom is -0.356 e. The molecular formula is C22H23N5O3. The number of imidazole rings is 1. The Hall–Kier alpha value is -3.68. The molecule has 8 nitrogen and oxygen atoms in total. The number of amides is 3. The summed E-state index contributed by atoms with van der Waals surface area (Å²) in [5, 5.41) is 5.59.